The summed E-state index contributed by atoms with van der Waals surface area (Å²) >= 11 is 0. The summed E-state index contributed by atoms with van der Waals surface area (Å²) in [5.74, 6) is 0. The molecule has 0 spiro atoms. The summed E-state index contributed by atoms with van der Waals surface area (Å²) in [6, 6.07) is 4.19. The third-order valence-electron chi connectivity index (χ3n) is 2.91. The van der Waals surface area contributed by atoms with E-state index in [1.807, 2.05) is 4.90 Å². The van der Waals surface area contributed by atoms with Crippen LogP contribution in [0.3, 0.4) is 0 Å². The van der Waals surface area contributed by atoms with Crippen molar-refractivity contribution < 1.29 is 18.1 Å². The second kappa shape index (κ2) is 5.14. The molecule has 1 aromatic carbocycles. The summed E-state index contributed by atoms with van der Waals surface area (Å²) in [7, 11) is -3.61. The fourth-order valence-corrected chi connectivity index (χ4v) is 2.81. The summed E-state index contributed by atoms with van der Waals surface area (Å²) in [5.41, 5.74) is 0.258. The highest BCUT2D eigenvalue weighted by molar-refractivity contribution is 7.90. The van der Waals surface area contributed by atoms with Crippen LogP contribution in [-0.4, -0.2) is 45.9 Å². The highest BCUT2D eigenvalue weighted by Gasteiger charge is 2.24. The molecule has 2 rings (SSSR count). The van der Waals surface area contributed by atoms with Gasteiger partial charge in [0.15, 0.2) is 9.84 Å². The van der Waals surface area contributed by atoms with Gasteiger partial charge in [-0.3, -0.25) is 10.1 Å². The van der Waals surface area contributed by atoms with E-state index in [0.717, 1.165) is 6.26 Å². The molecule has 0 amide bonds. The van der Waals surface area contributed by atoms with Crippen LogP contribution in [0.25, 0.3) is 0 Å². The lowest BCUT2D eigenvalue weighted by molar-refractivity contribution is -0.387. The van der Waals surface area contributed by atoms with E-state index >= 15 is 0 Å². The van der Waals surface area contributed by atoms with Crippen molar-refractivity contribution in [1.29, 1.82) is 0 Å². The van der Waals surface area contributed by atoms with Crippen molar-refractivity contribution in [3.05, 3.63) is 28.3 Å². The zero-order valence-corrected chi connectivity index (χ0v) is 11.2. The maximum absolute atomic E-state index is 11.5. The molecule has 0 N–H and O–H groups in total. The molecule has 0 unspecified atom stereocenters. The highest BCUT2D eigenvalue weighted by atomic mass is 32.2. The smallest absolute Gasteiger partial charge is 0.290 e. The number of rotatable bonds is 3. The van der Waals surface area contributed by atoms with Crippen molar-refractivity contribution >= 4 is 21.2 Å². The predicted molar refractivity (Wildman–Crippen MR) is 69.2 cm³/mol. The summed E-state index contributed by atoms with van der Waals surface area (Å²) in [5, 5.41) is 11.0. The van der Waals surface area contributed by atoms with Crippen LogP contribution in [0.15, 0.2) is 23.1 Å². The molecular weight excluding hydrogens is 272 g/mol. The number of hydrogen-bond donors (Lipinski definition) is 0. The second-order valence-electron chi connectivity index (χ2n) is 4.28. The lowest BCUT2D eigenvalue weighted by Crippen LogP contribution is -2.36. The third kappa shape index (κ3) is 3.02. The number of ether oxygens (including phenoxy) is 1. The molecule has 1 aliphatic rings. The summed E-state index contributed by atoms with van der Waals surface area (Å²) in [6.45, 7) is 2.38. The molecule has 0 aliphatic carbocycles. The number of nitro groups is 1. The van der Waals surface area contributed by atoms with Gasteiger partial charge in [-0.25, -0.2) is 8.42 Å². The third-order valence-corrected chi connectivity index (χ3v) is 4.06. The van der Waals surface area contributed by atoms with Crippen LogP contribution in [0.4, 0.5) is 11.4 Å². The Morgan fingerprint density at radius 3 is 2.47 bits per heavy atom. The van der Waals surface area contributed by atoms with E-state index in [9.17, 15) is 18.5 Å². The van der Waals surface area contributed by atoms with Gasteiger partial charge in [-0.1, -0.05) is 0 Å². The van der Waals surface area contributed by atoms with Crippen LogP contribution in [0.2, 0.25) is 0 Å². The quantitative estimate of drug-likeness (QED) is 0.604. The standard InChI is InChI=1S/C11H14N2O5S/c1-19(16,17)11-3-2-9(8-10(11)13(14)15)12-4-6-18-7-5-12/h2-3,8H,4-7H2,1H3. The average molecular weight is 286 g/mol. The highest BCUT2D eigenvalue weighted by Crippen LogP contribution is 2.29. The van der Waals surface area contributed by atoms with E-state index in [-0.39, 0.29) is 10.6 Å². The van der Waals surface area contributed by atoms with Crippen molar-refractivity contribution in [3.8, 4) is 0 Å². The van der Waals surface area contributed by atoms with Gasteiger partial charge in [0.25, 0.3) is 5.69 Å². The van der Waals surface area contributed by atoms with Gasteiger partial charge in [-0.2, -0.15) is 0 Å². The molecule has 1 fully saturated rings. The first-order valence-corrected chi connectivity index (χ1v) is 7.60. The lowest BCUT2D eigenvalue weighted by atomic mass is 10.2. The van der Waals surface area contributed by atoms with E-state index in [4.69, 9.17) is 4.74 Å². The van der Waals surface area contributed by atoms with Crippen LogP contribution in [0.1, 0.15) is 0 Å². The van der Waals surface area contributed by atoms with Crippen LogP contribution < -0.4 is 4.90 Å². The minimum absolute atomic E-state index is 0.255. The lowest BCUT2D eigenvalue weighted by Gasteiger charge is -2.28. The average Bonchev–Trinajstić information content (AvgIpc) is 2.38. The Morgan fingerprint density at radius 1 is 1.32 bits per heavy atom. The number of nitrogens with zero attached hydrogens (tertiary/aromatic N) is 2. The van der Waals surface area contributed by atoms with Gasteiger partial charge in [-0.15, -0.1) is 0 Å². The van der Waals surface area contributed by atoms with Crippen LogP contribution >= 0.6 is 0 Å². The molecule has 7 nitrogen and oxygen atoms in total. The Kier molecular flexibility index (Phi) is 3.72. The molecule has 1 heterocycles. The zero-order chi connectivity index (χ0) is 14.0. The largest absolute Gasteiger partial charge is 0.378 e. The normalized spacial score (nSPS) is 16.4. The zero-order valence-electron chi connectivity index (χ0n) is 10.4. The number of nitro benzene ring substituents is 1. The minimum atomic E-state index is -3.61. The van der Waals surface area contributed by atoms with Crippen molar-refractivity contribution in [2.45, 2.75) is 4.90 Å². The Balaban J connectivity index is 2.44. The Hall–Kier alpha value is -1.67. The first kappa shape index (κ1) is 13.8. The fourth-order valence-electron chi connectivity index (χ4n) is 1.98. The molecule has 0 aromatic heterocycles. The van der Waals surface area contributed by atoms with Gasteiger partial charge >= 0.3 is 0 Å². The SMILES string of the molecule is CS(=O)(=O)c1ccc(N2CCOCC2)cc1[N+](=O)[O-]. The molecular formula is C11H14N2O5S. The summed E-state index contributed by atoms with van der Waals surface area (Å²) in [6.07, 6.45) is 0.962. The van der Waals surface area contributed by atoms with E-state index in [1.54, 1.807) is 6.07 Å². The van der Waals surface area contributed by atoms with Gasteiger partial charge in [0.1, 0.15) is 4.90 Å². The van der Waals surface area contributed by atoms with Gasteiger partial charge in [0, 0.05) is 31.1 Å². The molecule has 0 atom stereocenters. The summed E-state index contributed by atoms with van der Waals surface area (Å²) in [4.78, 5) is 12.0. The first-order chi connectivity index (χ1) is 8.89. The minimum Gasteiger partial charge on any atom is -0.378 e. The van der Waals surface area contributed by atoms with Crippen LogP contribution in [-0.2, 0) is 14.6 Å². The molecule has 104 valence electrons. The predicted octanol–water partition coefficient (Wildman–Crippen LogP) is 0.835. The maximum atomic E-state index is 11.5. The Labute approximate surface area is 110 Å². The monoisotopic (exact) mass is 286 g/mol. The van der Waals surface area contributed by atoms with Crippen LogP contribution in [0, 0.1) is 10.1 Å². The van der Waals surface area contributed by atoms with E-state index < -0.39 is 14.8 Å². The van der Waals surface area contributed by atoms with Crippen molar-refractivity contribution in [3.63, 3.8) is 0 Å². The van der Waals surface area contributed by atoms with Crippen molar-refractivity contribution in [2.75, 3.05) is 37.5 Å². The molecule has 19 heavy (non-hydrogen) atoms. The van der Waals surface area contributed by atoms with E-state index in [1.165, 1.54) is 12.1 Å². The molecule has 1 saturated heterocycles. The van der Waals surface area contributed by atoms with E-state index in [0.29, 0.717) is 32.0 Å². The second-order valence-corrected chi connectivity index (χ2v) is 6.26. The number of sulfone groups is 1. The number of anilines is 1. The number of hydrogen-bond acceptors (Lipinski definition) is 6. The number of morpholine rings is 1. The van der Waals surface area contributed by atoms with Gasteiger partial charge in [0.2, 0.25) is 0 Å². The van der Waals surface area contributed by atoms with Gasteiger partial charge in [-0.05, 0) is 12.1 Å². The molecule has 1 aromatic rings. The topological polar surface area (TPSA) is 89.8 Å². The van der Waals surface area contributed by atoms with Crippen LogP contribution in [0.5, 0.6) is 0 Å². The fraction of sp³-hybridized carbons (Fsp3) is 0.455. The molecule has 1 aliphatic heterocycles. The Bertz CT molecular complexity index is 593. The number of benzene rings is 1. The molecule has 0 saturated carbocycles. The van der Waals surface area contributed by atoms with Gasteiger partial charge < -0.3 is 9.64 Å². The van der Waals surface area contributed by atoms with Crippen molar-refractivity contribution in [1.82, 2.24) is 0 Å². The maximum Gasteiger partial charge on any atom is 0.290 e. The van der Waals surface area contributed by atoms with Gasteiger partial charge in [0.05, 0.1) is 18.1 Å². The molecule has 0 bridgehead atoms. The van der Waals surface area contributed by atoms with E-state index in [2.05, 4.69) is 0 Å². The first-order valence-electron chi connectivity index (χ1n) is 5.71. The molecule has 8 heteroatoms. The van der Waals surface area contributed by atoms with Crippen molar-refractivity contribution in [2.24, 2.45) is 0 Å². The summed E-state index contributed by atoms with van der Waals surface area (Å²) < 4.78 is 28.2. The Morgan fingerprint density at radius 2 is 1.95 bits per heavy atom. The molecule has 0 radical (unpaired) electrons.